The van der Waals surface area contributed by atoms with Crippen molar-refractivity contribution in [2.45, 2.75) is 13.8 Å². The summed E-state index contributed by atoms with van der Waals surface area (Å²) < 4.78 is 0. The Labute approximate surface area is 85.8 Å². The molecule has 0 aromatic heterocycles. The number of hydrogen-bond donors (Lipinski definition) is 0. The second-order valence-electron chi connectivity index (χ2n) is 1.80. The van der Waals surface area contributed by atoms with Gasteiger partial charge < -0.3 is 10.5 Å². The molecule has 0 aliphatic heterocycles. The Bertz CT molecular complexity index is 72.8. The van der Waals surface area contributed by atoms with Gasteiger partial charge in [0.05, 0.1) is 0 Å². The van der Waals surface area contributed by atoms with Crippen LogP contribution in [0.3, 0.4) is 0 Å². The van der Waals surface area contributed by atoms with Gasteiger partial charge in [-0.05, 0) is 0 Å². The normalized spacial score (nSPS) is 8.50. The third-order valence-electron chi connectivity index (χ3n) is 0.818. The Balaban J connectivity index is 0. The van der Waals surface area contributed by atoms with Gasteiger partial charge in [-0.1, -0.05) is 20.4 Å². The average Bonchev–Trinajstić information content (AvgIpc) is 1.65. The van der Waals surface area contributed by atoms with E-state index in [-0.39, 0.29) is 62.3 Å². The summed E-state index contributed by atoms with van der Waals surface area (Å²) in [6.45, 7) is 3.53. The molecule has 1 N–H and O–H groups in total. The third kappa shape index (κ3) is 5.21. The molecule has 0 heterocycles. The molecule has 0 fully saturated rings. The van der Waals surface area contributed by atoms with Crippen LogP contribution in [-0.4, -0.2) is 12.3 Å². The first-order valence-electron chi connectivity index (χ1n) is 2.35. The predicted molar refractivity (Wildman–Crippen MR) is 29.0 cm³/mol. The average molecular weight is 327 g/mol. The second-order valence-corrected chi connectivity index (χ2v) is 1.80. The molecule has 3 heteroatoms. The van der Waals surface area contributed by atoms with Gasteiger partial charge in [-0.3, -0.25) is 0 Å². The minimum Gasteiger partial charge on any atom is -0.671 e. The molecule has 0 bridgehead atoms. The van der Waals surface area contributed by atoms with Crippen LogP contribution in [0.1, 0.15) is 13.8 Å². The van der Waals surface area contributed by atoms with E-state index in [9.17, 15) is 4.79 Å². The summed E-state index contributed by atoms with van der Waals surface area (Å²) in [7, 11) is 0. The van der Waals surface area contributed by atoms with Crippen LogP contribution in [0.2, 0.25) is 0 Å². The van der Waals surface area contributed by atoms with Crippen LogP contribution >= 0.6 is 0 Å². The van der Waals surface area contributed by atoms with Crippen molar-refractivity contribution < 1.29 is 48.9 Å². The van der Waals surface area contributed by atoms with Gasteiger partial charge in [0.25, 0.3) is 0 Å². The number of carbonyl (C=O) groups is 1. The minimum absolute atomic E-state index is 0. The van der Waals surface area contributed by atoms with Crippen molar-refractivity contribution in [3.63, 3.8) is 0 Å². The van der Waals surface area contributed by atoms with Crippen molar-refractivity contribution in [3.8, 4) is 0 Å². The fourth-order valence-corrected chi connectivity index (χ4v) is 0.204. The molecule has 45 valence electrons. The zero-order valence-corrected chi connectivity index (χ0v) is 10.0. The van der Waals surface area contributed by atoms with E-state index in [4.69, 9.17) is 5.73 Å². The van der Waals surface area contributed by atoms with E-state index in [2.05, 4.69) is 0 Å². The summed E-state index contributed by atoms with van der Waals surface area (Å²) in [5, 5.41) is 0. The summed E-state index contributed by atoms with van der Waals surface area (Å²) in [5.41, 5.74) is 6.59. The van der Waals surface area contributed by atoms with E-state index < -0.39 is 0 Å². The van der Waals surface area contributed by atoms with Gasteiger partial charge in [0, 0.05) is 50.0 Å². The molecule has 0 rings (SSSR count). The van der Waals surface area contributed by atoms with Crippen molar-refractivity contribution in [1.82, 2.24) is 0 Å². The maximum atomic E-state index is 10.3. The molecule has 2 nitrogen and oxygen atoms in total. The first kappa shape index (κ1) is 11.8. The van der Waals surface area contributed by atoms with Gasteiger partial charge in [0.2, 0.25) is 0 Å². The summed E-state index contributed by atoms with van der Waals surface area (Å²) in [4.78, 5) is 10.3. The second kappa shape index (κ2) is 6.20. The minimum atomic E-state index is -0.0718. The van der Waals surface area contributed by atoms with E-state index in [0.29, 0.717) is 0 Å². The smallest absolute Gasteiger partial charge is 0.114 e. The summed E-state index contributed by atoms with van der Waals surface area (Å²) in [6, 6.07) is 0. The summed E-state index contributed by atoms with van der Waals surface area (Å²) in [6.07, 6.45) is 0. The topological polar surface area (TPSA) is 40.9 Å². The summed E-state index contributed by atoms with van der Waals surface area (Å²) in [5.74, 6) is 0.0532. The van der Waals surface area contributed by atoms with Crippen LogP contribution in [0.4, 0.5) is 0 Å². The van der Waals surface area contributed by atoms with Crippen LogP contribution in [0.25, 0.3) is 5.73 Å². The Morgan fingerprint density at radius 3 is 2.00 bits per heavy atom. The van der Waals surface area contributed by atoms with Gasteiger partial charge in [0.1, 0.15) is 5.78 Å². The van der Waals surface area contributed by atoms with Crippen LogP contribution in [0.5, 0.6) is 0 Å². The maximum absolute atomic E-state index is 10.3. The van der Waals surface area contributed by atoms with Gasteiger partial charge in [-0.15, -0.1) is 0 Å². The predicted octanol–water partition coefficient (Wildman–Crippen LogP) is 1.26. The molecule has 0 aromatic carbocycles. The molecule has 0 spiro atoms. The molecule has 8 heavy (non-hydrogen) atoms. The van der Waals surface area contributed by atoms with E-state index in [0.717, 1.165) is 0 Å². The molecular formula is C5H10AcNO-. The van der Waals surface area contributed by atoms with Crippen molar-refractivity contribution >= 4 is 5.78 Å². The van der Waals surface area contributed by atoms with Gasteiger partial charge in [-0.2, -0.15) is 0 Å². The van der Waals surface area contributed by atoms with E-state index in [1.165, 1.54) is 0 Å². The Morgan fingerprint density at radius 2 is 2.00 bits per heavy atom. The first-order valence-corrected chi connectivity index (χ1v) is 2.35. The number of rotatable bonds is 2. The number of nitrogens with one attached hydrogen (secondary N) is 1. The number of Topliss-reactive ketones (excluding diaryl/α,β-unsaturated/α-hetero) is 1. The van der Waals surface area contributed by atoms with Crippen LogP contribution in [0.15, 0.2) is 0 Å². The molecule has 0 atom stereocenters. The van der Waals surface area contributed by atoms with Crippen molar-refractivity contribution in [2.24, 2.45) is 5.92 Å². The molecule has 0 aliphatic rings. The molecule has 0 amide bonds. The molecule has 0 aliphatic carbocycles. The zero-order chi connectivity index (χ0) is 5.86. The number of carbonyl (C=O) groups excluding carboxylic acids is 1. The maximum Gasteiger partial charge on any atom is 0.114 e. The number of ketones is 1. The fraction of sp³-hybridized carbons (Fsp3) is 0.800. The SMILES string of the molecule is CC(C)C(=O)C[NH-].[Ac]. The quantitative estimate of drug-likeness (QED) is 0.753. The van der Waals surface area contributed by atoms with Crippen LogP contribution in [-0.2, 0) is 4.79 Å². The Kier molecular flexibility index (Phi) is 9.15. The van der Waals surface area contributed by atoms with E-state index in [1.54, 1.807) is 13.8 Å². The molecule has 0 saturated heterocycles. The monoisotopic (exact) mass is 327 g/mol. The third-order valence-corrected chi connectivity index (χ3v) is 0.818. The van der Waals surface area contributed by atoms with Gasteiger partial charge in [0.15, 0.2) is 0 Å². The van der Waals surface area contributed by atoms with Crippen LogP contribution in [0, 0.1) is 50.0 Å². The van der Waals surface area contributed by atoms with Crippen LogP contribution < -0.4 is 0 Å². The van der Waals surface area contributed by atoms with Crippen molar-refractivity contribution in [1.29, 1.82) is 0 Å². The largest absolute Gasteiger partial charge is 0.671 e. The van der Waals surface area contributed by atoms with Crippen molar-refractivity contribution in [2.75, 3.05) is 6.54 Å². The van der Waals surface area contributed by atoms with Gasteiger partial charge >= 0.3 is 0 Å². The Morgan fingerprint density at radius 1 is 1.62 bits per heavy atom. The molecule has 0 saturated carbocycles. The number of hydrogen-bond acceptors (Lipinski definition) is 1. The summed E-state index contributed by atoms with van der Waals surface area (Å²) >= 11 is 0. The van der Waals surface area contributed by atoms with E-state index in [1.807, 2.05) is 0 Å². The Hall–Kier alpha value is 1.07. The zero-order valence-electron chi connectivity index (χ0n) is 5.27. The first-order chi connectivity index (χ1) is 3.18. The standard InChI is InChI=1S/C5H10NO.Ac/c1-4(2)5(7)3-6;/h4,6H,3H2,1-2H3;/q-1;. The van der Waals surface area contributed by atoms with E-state index >= 15 is 0 Å². The molecule has 0 aromatic rings. The molecule has 0 unspecified atom stereocenters. The molecule has 1 radical (unpaired) electrons. The fourth-order valence-electron chi connectivity index (χ4n) is 0.204. The molecular weight excluding hydrogens is 317 g/mol. The van der Waals surface area contributed by atoms with Crippen molar-refractivity contribution in [3.05, 3.63) is 5.73 Å². The van der Waals surface area contributed by atoms with Gasteiger partial charge in [-0.25, -0.2) is 0 Å².